The molecule has 0 saturated carbocycles. The molecule has 0 aliphatic carbocycles. The number of carbonyl (C=O) groups is 2. The van der Waals surface area contributed by atoms with Gasteiger partial charge in [-0.3, -0.25) is 0 Å². The molecule has 2 unspecified atom stereocenters. The molecule has 0 saturated heterocycles. The molecule has 1 rings (SSSR count). The third kappa shape index (κ3) is 3.46. The number of methoxy groups -OCH3 is 2. The van der Waals surface area contributed by atoms with E-state index in [1.165, 1.54) is 14.0 Å². The van der Waals surface area contributed by atoms with E-state index in [1.54, 1.807) is 4.68 Å². The van der Waals surface area contributed by atoms with Crippen LogP contribution in [0.15, 0.2) is 21.2 Å². The van der Waals surface area contributed by atoms with E-state index in [2.05, 4.69) is 11.3 Å². The van der Waals surface area contributed by atoms with Crippen molar-refractivity contribution in [2.24, 2.45) is 0 Å². The summed E-state index contributed by atoms with van der Waals surface area (Å²) >= 11 is -2.98. The Morgan fingerprint density at radius 2 is 1.95 bits per heavy atom. The van der Waals surface area contributed by atoms with Gasteiger partial charge in [0.2, 0.25) is 0 Å². The number of hydrogen-bond acceptors (Lipinski definition) is 7. The van der Waals surface area contributed by atoms with Crippen LogP contribution in [-0.2, 0) is 23.8 Å². The van der Waals surface area contributed by atoms with Gasteiger partial charge in [-0.05, 0) is 0 Å². The predicted molar refractivity (Wildman–Crippen MR) is 73.1 cm³/mol. The number of carbonyl (C=O) groups excluding carboxylic acids is 2. The molecule has 0 spiro atoms. The summed E-state index contributed by atoms with van der Waals surface area (Å²) < 4.78 is 16.1. The topological polar surface area (TPSA) is 105 Å². The first kappa shape index (κ1) is 17.7. The maximum atomic E-state index is 11.9. The second kappa shape index (κ2) is 7.08. The minimum atomic E-state index is -2.98. The summed E-state index contributed by atoms with van der Waals surface area (Å²) in [6, 6.07) is -1.36. The molecule has 114 valence electrons. The standard InChI is InChI=1S/C11H13NO7.CH3.In/c1-7(2)10(13)19-5-8(11(14)18-4)9(6-17-3)12(15)16;;/h6,9H,1H2,2-4H3;1H3;. The fourth-order valence-corrected chi connectivity index (χ4v) is 9.79. The molecule has 0 N–H and O–H groups in total. The Bertz CT molecular complexity index is 528. The predicted octanol–water partition coefficient (Wildman–Crippen LogP) is 0.410. The van der Waals surface area contributed by atoms with Crippen LogP contribution in [0.3, 0.4) is 0 Å². The van der Waals surface area contributed by atoms with Crippen molar-refractivity contribution in [3.63, 3.8) is 0 Å². The fraction of sp³-hybridized carbons (Fsp3) is 0.500. The van der Waals surface area contributed by atoms with Crippen LogP contribution in [0.4, 0.5) is 0 Å². The molecule has 0 aromatic heterocycles. The van der Waals surface area contributed by atoms with E-state index < -0.39 is 48.2 Å². The monoisotopic (exact) mass is 401 g/mol. The molecule has 9 heteroatoms. The van der Waals surface area contributed by atoms with Gasteiger partial charge in [-0.2, -0.15) is 0 Å². The van der Waals surface area contributed by atoms with Gasteiger partial charge in [0.1, 0.15) is 0 Å². The van der Waals surface area contributed by atoms with Crippen LogP contribution in [0.2, 0.25) is 4.68 Å². The van der Waals surface area contributed by atoms with Crippen LogP contribution in [0.5, 0.6) is 0 Å². The van der Waals surface area contributed by atoms with Gasteiger partial charge in [0, 0.05) is 0 Å². The van der Waals surface area contributed by atoms with Crippen molar-refractivity contribution in [2.75, 3.05) is 14.2 Å². The van der Waals surface area contributed by atoms with Gasteiger partial charge in [-0.15, -0.1) is 0 Å². The van der Waals surface area contributed by atoms with Crippen LogP contribution < -0.4 is 0 Å². The molecule has 1 aliphatic heterocycles. The second-order valence-corrected chi connectivity index (χ2v) is 12.5. The Morgan fingerprint density at radius 1 is 1.38 bits per heavy atom. The van der Waals surface area contributed by atoms with Crippen molar-refractivity contribution >= 4 is 33.4 Å². The summed E-state index contributed by atoms with van der Waals surface area (Å²) in [5.74, 6) is -1.59. The minimum absolute atomic E-state index is 0.102. The van der Waals surface area contributed by atoms with Gasteiger partial charge in [-0.1, -0.05) is 0 Å². The van der Waals surface area contributed by atoms with E-state index in [1.807, 2.05) is 0 Å². The van der Waals surface area contributed by atoms with Gasteiger partial charge < -0.3 is 0 Å². The summed E-state index contributed by atoms with van der Waals surface area (Å²) in [6.45, 7) is 4.90. The summed E-state index contributed by atoms with van der Waals surface area (Å²) in [4.78, 5) is 34.2. The molecule has 0 aromatic rings. The maximum absolute atomic E-state index is 11.9. The molecule has 21 heavy (non-hydrogen) atoms. The molecule has 0 aromatic carbocycles. The van der Waals surface area contributed by atoms with Gasteiger partial charge in [0.05, 0.1) is 0 Å². The van der Waals surface area contributed by atoms with Crippen molar-refractivity contribution in [2.45, 2.75) is 21.5 Å². The second-order valence-electron chi connectivity index (χ2n) is 4.66. The zero-order valence-corrected chi connectivity index (χ0v) is 15.5. The van der Waals surface area contributed by atoms with Crippen molar-refractivity contribution in [3.8, 4) is 0 Å². The van der Waals surface area contributed by atoms with Crippen molar-refractivity contribution in [3.05, 3.63) is 31.4 Å². The van der Waals surface area contributed by atoms with Gasteiger partial charge in [0.25, 0.3) is 0 Å². The summed E-state index contributed by atoms with van der Waals surface area (Å²) in [7, 11) is 2.46. The quantitative estimate of drug-likeness (QED) is 0.285. The van der Waals surface area contributed by atoms with Crippen molar-refractivity contribution < 1.29 is 28.7 Å². The van der Waals surface area contributed by atoms with Crippen LogP contribution in [0.1, 0.15) is 6.92 Å². The average Bonchev–Trinajstić information content (AvgIpc) is 2.70. The summed E-state index contributed by atoms with van der Waals surface area (Å²) in [5, 5.41) is 11.3. The number of ether oxygens (including phenoxy) is 3. The van der Waals surface area contributed by atoms with E-state index in [0.717, 1.165) is 7.11 Å². The van der Waals surface area contributed by atoms with E-state index in [-0.39, 0.29) is 14.7 Å². The van der Waals surface area contributed by atoms with Gasteiger partial charge in [0.15, 0.2) is 0 Å². The first-order chi connectivity index (χ1) is 9.76. The molecule has 0 amide bonds. The third-order valence-corrected chi connectivity index (χ3v) is 11.4. The average molecular weight is 401 g/mol. The SMILES string of the molecule is C=C(C)C(=O)O[C]1=C(C(=O)OC)C([N+](=O)[O-])[CH](OC)[In]1[CH3]. The fourth-order valence-electron chi connectivity index (χ4n) is 2.20. The number of nitro groups is 1. The Kier molecular flexibility index (Phi) is 5.97. The van der Waals surface area contributed by atoms with E-state index in [9.17, 15) is 19.7 Å². The Hall–Kier alpha value is -1.35. The zero-order valence-electron chi connectivity index (χ0n) is 12.2. The van der Waals surface area contributed by atoms with E-state index in [0.29, 0.717) is 0 Å². The molecule has 1 heterocycles. The van der Waals surface area contributed by atoms with Crippen LogP contribution in [0, 0.1) is 10.1 Å². The van der Waals surface area contributed by atoms with Crippen LogP contribution in [0.25, 0.3) is 0 Å². The number of rotatable bonds is 5. The molecular weight excluding hydrogens is 385 g/mol. The first-order valence-corrected chi connectivity index (χ1v) is 13.0. The molecule has 0 fully saturated rings. The zero-order chi connectivity index (χ0) is 16.3. The Balaban J connectivity index is 3.35. The molecule has 0 bridgehead atoms. The van der Waals surface area contributed by atoms with Crippen LogP contribution in [-0.4, -0.2) is 62.4 Å². The van der Waals surface area contributed by atoms with Gasteiger partial charge in [-0.25, -0.2) is 0 Å². The number of esters is 2. The van der Waals surface area contributed by atoms with Crippen molar-refractivity contribution in [1.29, 1.82) is 0 Å². The number of hydrogen-bond donors (Lipinski definition) is 0. The Morgan fingerprint density at radius 3 is 2.33 bits per heavy atom. The van der Waals surface area contributed by atoms with E-state index in [4.69, 9.17) is 9.47 Å². The van der Waals surface area contributed by atoms with E-state index >= 15 is 0 Å². The molecule has 8 nitrogen and oxygen atoms in total. The summed E-state index contributed by atoms with van der Waals surface area (Å²) in [5.41, 5.74) is -0.0732. The normalized spacial score (nSPS) is 21.2. The molecular formula is C12H16InNO7. The van der Waals surface area contributed by atoms with Crippen LogP contribution >= 0.6 is 0 Å². The summed E-state index contributed by atoms with van der Waals surface area (Å²) in [6.07, 6.45) is 0. The third-order valence-electron chi connectivity index (χ3n) is 3.23. The number of nitrogens with zero attached hydrogens (tertiary/aromatic N) is 1. The van der Waals surface area contributed by atoms with Crippen molar-refractivity contribution in [1.82, 2.24) is 0 Å². The molecule has 0 radical (unpaired) electrons. The Labute approximate surface area is 129 Å². The molecule has 1 aliphatic rings. The first-order valence-electron chi connectivity index (χ1n) is 6.12. The van der Waals surface area contributed by atoms with Gasteiger partial charge >= 0.3 is 129 Å². The molecule has 2 atom stereocenters.